The highest BCUT2D eigenvalue weighted by Gasteiger charge is 2.13. The molecule has 0 saturated carbocycles. The number of benzene rings is 1. The normalized spacial score (nSPS) is 12.8. The Balaban J connectivity index is 1.91. The zero-order chi connectivity index (χ0) is 15.2. The van der Waals surface area contributed by atoms with E-state index in [-0.39, 0.29) is 0 Å². The maximum Gasteiger partial charge on any atom is 0.0798 e. The van der Waals surface area contributed by atoms with Crippen molar-refractivity contribution in [3.05, 3.63) is 50.4 Å². The minimum absolute atomic E-state index is 0.366. The van der Waals surface area contributed by atoms with Crippen LogP contribution in [-0.4, -0.2) is 30.5 Å². The number of hydrogen-bond acceptors (Lipinski definition) is 4. The van der Waals surface area contributed by atoms with Gasteiger partial charge in [0.15, 0.2) is 0 Å². The van der Waals surface area contributed by atoms with Crippen LogP contribution in [0.2, 0.25) is 0 Å². The highest BCUT2D eigenvalue weighted by Crippen LogP contribution is 2.25. The summed E-state index contributed by atoms with van der Waals surface area (Å²) in [5.41, 5.74) is 4.40. The Morgan fingerprint density at radius 2 is 2.14 bits per heavy atom. The Hall–Kier alpha value is -0.750. The van der Waals surface area contributed by atoms with Gasteiger partial charge in [0.05, 0.1) is 11.2 Å². The third kappa shape index (κ3) is 4.61. The molecule has 2 aromatic rings. The van der Waals surface area contributed by atoms with Gasteiger partial charge in [-0.2, -0.15) is 0 Å². The molecule has 1 aromatic carbocycles. The van der Waals surface area contributed by atoms with Crippen LogP contribution in [0.4, 0.5) is 0 Å². The van der Waals surface area contributed by atoms with E-state index in [1.165, 1.54) is 14.9 Å². The number of aromatic nitrogens is 1. The monoisotopic (exact) mass is 367 g/mol. The molecule has 0 saturated heterocycles. The number of rotatable bonds is 7. The van der Waals surface area contributed by atoms with Gasteiger partial charge in [-0.1, -0.05) is 34.1 Å². The van der Waals surface area contributed by atoms with E-state index in [0.717, 1.165) is 25.2 Å². The quantitative estimate of drug-likeness (QED) is 0.801. The van der Waals surface area contributed by atoms with Crippen molar-refractivity contribution in [2.45, 2.75) is 25.9 Å². The van der Waals surface area contributed by atoms with Gasteiger partial charge in [0.1, 0.15) is 0 Å². The van der Waals surface area contributed by atoms with Gasteiger partial charge in [-0.3, -0.25) is 0 Å². The van der Waals surface area contributed by atoms with Crippen LogP contribution in [0.3, 0.4) is 0 Å². The first-order valence-electron chi connectivity index (χ1n) is 7.11. The zero-order valence-electron chi connectivity index (χ0n) is 12.8. The first-order valence-corrected chi connectivity index (χ1v) is 8.78. The minimum Gasteiger partial charge on any atom is -0.313 e. The highest BCUT2D eigenvalue weighted by molar-refractivity contribution is 9.10. The van der Waals surface area contributed by atoms with Crippen LogP contribution in [-0.2, 0) is 6.54 Å². The van der Waals surface area contributed by atoms with Crippen LogP contribution in [0.5, 0.6) is 0 Å². The molecule has 5 heteroatoms. The smallest absolute Gasteiger partial charge is 0.0798 e. The standard InChI is InChI=1S/C16H22BrN3S/c1-12-16(21-11-19-12)10-20(3)9-8-15(18-2)13-6-4-5-7-14(13)17/h4-7,11,15,18H,8-10H2,1-3H3. The van der Waals surface area contributed by atoms with Crippen LogP contribution in [0.15, 0.2) is 34.2 Å². The van der Waals surface area contributed by atoms with Gasteiger partial charge >= 0.3 is 0 Å². The van der Waals surface area contributed by atoms with Gasteiger partial charge in [-0.15, -0.1) is 11.3 Å². The topological polar surface area (TPSA) is 28.2 Å². The lowest BCUT2D eigenvalue weighted by Crippen LogP contribution is -2.25. The van der Waals surface area contributed by atoms with Gasteiger partial charge in [0, 0.05) is 28.5 Å². The molecule has 1 unspecified atom stereocenters. The summed E-state index contributed by atoms with van der Waals surface area (Å²) in [6, 6.07) is 8.79. The van der Waals surface area contributed by atoms with E-state index in [4.69, 9.17) is 0 Å². The van der Waals surface area contributed by atoms with Crippen LogP contribution in [0.1, 0.15) is 28.6 Å². The van der Waals surface area contributed by atoms with Gasteiger partial charge in [-0.05, 0) is 39.1 Å². The van der Waals surface area contributed by atoms with E-state index in [1.54, 1.807) is 11.3 Å². The lowest BCUT2D eigenvalue weighted by molar-refractivity contribution is 0.305. The average Bonchev–Trinajstić information content (AvgIpc) is 2.86. The second-order valence-electron chi connectivity index (χ2n) is 5.25. The Morgan fingerprint density at radius 1 is 1.38 bits per heavy atom. The largest absolute Gasteiger partial charge is 0.313 e. The molecule has 1 N–H and O–H groups in total. The molecule has 21 heavy (non-hydrogen) atoms. The van der Waals surface area contributed by atoms with Crippen molar-refractivity contribution in [3.8, 4) is 0 Å². The summed E-state index contributed by atoms with van der Waals surface area (Å²) in [7, 11) is 4.20. The number of hydrogen-bond donors (Lipinski definition) is 1. The van der Waals surface area contributed by atoms with Crippen LogP contribution >= 0.6 is 27.3 Å². The fourth-order valence-electron chi connectivity index (χ4n) is 2.36. The number of nitrogens with zero attached hydrogens (tertiary/aromatic N) is 2. The Bertz CT molecular complexity index is 570. The summed E-state index contributed by atoms with van der Waals surface area (Å²) < 4.78 is 1.17. The molecule has 3 nitrogen and oxygen atoms in total. The fraction of sp³-hybridized carbons (Fsp3) is 0.438. The molecule has 1 aromatic heterocycles. The van der Waals surface area contributed by atoms with Crippen LogP contribution in [0, 0.1) is 6.92 Å². The maximum absolute atomic E-state index is 4.31. The van der Waals surface area contributed by atoms with Crippen molar-refractivity contribution in [2.24, 2.45) is 0 Å². The number of nitrogens with one attached hydrogen (secondary N) is 1. The molecule has 0 amide bonds. The predicted octanol–water partition coefficient (Wildman–Crippen LogP) is 4.00. The molecule has 0 fully saturated rings. The van der Waals surface area contributed by atoms with Crippen molar-refractivity contribution >= 4 is 27.3 Å². The molecular formula is C16H22BrN3S. The van der Waals surface area contributed by atoms with Crippen molar-refractivity contribution in [3.63, 3.8) is 0 Å². The zero-order valence-corrected chi connectivity index (χ0v) is 15.2. The predicted molar refractivity (Wildman–Crippen MR) is 93.7 cm³/mol. The number of halogens is 1. The molecule has 0 bridgehead atoms. The van der Waals surface area contributed by atoms with Crippen LogP contribution < -0.4 is 5.32 Å². The molecular weight excluding hydrogens is 346 g/mol. The Labute approximate surface area is 139 Å². The van der Waals surface area contributed by atoms with Gasteiger partial charge in [-0.25, -0.2) is 4.98 Å². The Morgan fingerprint density at radius 3 is 2.76 bits per heavy atom. The van der Waals surface area contributed by atoms with E-state index in [2.05, 4.69) is 69.4 Å². The van der Waals surface area contributed by atoms with Crippen LogP contribution in [0.25, 0.3) is 0 Å². The maximum atomic E-state index is 4.31. The summed E-state index contributed by atoms with van der Waals surface area (Å²) in [5.74, 6) is 0. The van der Waals surface area contributed by atoms with Gasteiger partial charge in [0.25, 0.3) is 0 Å². The van der Waals surface area contributed by atoms with Crippen molar-refractivity contribution in [1.29, 1.82) is 0 Å². The van der Waals surface area contributed by atoms with Crippen molar-refractivity contribution < 1.29 is 0 Å². The van der Waals surface area contributed by atoms with E-state index in [9.17, 15) is 0 Å². The summed E-state index contributed by atoms with van der Waals surface area (Å²) in [4.78, 5) is 8.04. The molecule has 2 rings (SSSR count). The number of aryl methyl sites for hydroxylation is 1. The van der Waals surface area contributed by atoms with Gasteiger partial charge < -0.3 is 10.2 Å². The van der Waals surface area contributed by atoms with E-state index in [0.29, 0.717) is 6.04 Å². The Kier molecular flexibility index (Phi) is 6.36. The molecule has 1 heterocycles. The molecule has 114 valence electrons. The molecule has 0 aliphatic rings. The molecule has 0 radical (unpaired) electrons. The molecule has 0 spiro atoms. The first-order chi connectivity index (χ1) is 10.1. The second-order valence-corrected chi connectivity index (χ2v) is 7.04. The third-order valence-electron chi connectivity index (χ3n) is 3.69. The lowest BCUT2D eigenvalue weighted by atomic mass is 10.0. The summed E-state index contributed by atoms with van der Waals surface area (Å²) in [6.07, 6.45) is 1.08. The van der Waals surface area contributed by atoms with E-state index in [1.807, 2.05) is 12.6 Å². The molecule has 1 atom stereocenters. The third-order valence-corrected chi connectivity index (χ3v) is 5.33. The first kappa shape index (κ1) is 16.6. The summed E-state index contributed by atoms with van der Waals surface area (Å²) >= 11 is 5.38. The number of thiazole rings is 1. The molecule has 0 aliphatic heterocycles. The summed E-state index contributed by atoms with van der Waals surface area (Å²) in [6.45, 7) is 4.10. The fourth-order valence-corrected chi connectivity index (χ4v) is 3.78. The van der Waals surface area contributed by atoms with E-state index < -0.39 is 0 Å². The molecule has 0 aliphatic carbocycles. The lowest BCUT2D eigenvalue weighted by Gasteiger charge is -2.22. The summed E-state index contributed by atoms with van der Waals surface area (Å²) in [5, 5.41) is 3.42. The van der Waals surface area contributed by atoms with Crippen molar-refractivity contribution in [2.75, 3.05) is 20.6 Å². The SMILES string of the molecule is CNC(CCN(C)Cc1scnc1C)c1ccccc1Br. The highest BCUT2D eigenvalue weighted by atomic mass is 79.9. The minimum atomic E-state index is 0.366. The average molecular weight is 368 g/mol. The van der Waals surface area contributed by atoms with Gasteiger partial charge in [0.2, 0.25) is 0 Å². The second kappa shape index (κ2) is 8.03. The van der Waals surface area contributed by atoms with E-state index >= 15 is 0 Å². The van der Waals surface area contributed by atoms with Crippen molar-refractivity contribution in [1.82, 2.24) is 15.2 Å².